The lowest BCUT2D eigenvalue weighted by molar-refractivity contribution is 0.0200. The van der Waals surface area contributed by atoms with Crippen LogP contribution in [0, 0.1) is 0 Å². The van der Waals surface area contributed by atoms with Crippen LogP contribution in [0.25, 0.3) is 0 Å². The van der Waals surface area contributed by atoms with Gasteiger partial charge in [0.25, 0.3) is 0 Å². The first kappa shape index (κ1) is 16.8. The first-order valence-corrected chi connectivity index (χ1v) is 8.12. The van der Waals surface area contributed by atoms with Gasteiger partial charge in [0.2, 0.25) is 0 Å². The van der Waals surface area contributed by atoms with Crippen molar-refractivity contribution in [2.45, 2.75) is 32.3 Å². The van der Waals surface area contributed by atoms with Crippen LogP contribution in [0.2, 0.25) is 0 Å². The number of hydrogen-bond donors (Lipinski definition) is 2. The standard InChI is InChI=1S/C16H27N3O3/c1-2-17-16(18-8-7-14-5-3-10-21-14)19-9-12-20-13-15-6-4-11-22-15/h3,5,10,15H,2,4,6-9,11-13H2,1H3,(H2,17,18,19). The largest absolute Gasteiger partial charge is 0.469 e. The smallest absolute Gasteiger partial charge is 0.191 e. The van der Waals surface area contributed by atoms with Crippen LogP contribution in [0.4, 0.5) is 0 Å². The minimum atomic E-state index is 0.281. The summed E-state index contributed by atoms with van der Waals surface area (Å²) >= 11 is 0. The van der Waals surface area contributed by atoms with E-state index in [4.69, 9.17) is 13.9 Å². The molecule has 0 radical (unpaired) electrons. The molecule has 22 heavy (non-hydrogen) atoms. The molecule has 6 nitrogen and oxygen atoms in total. The SMILES string of the molecule is CCNC(=NCCOCC1CCCO1)NCCc1ccco1. The fraction of sp³-hybridized carbons (Fsp3) is 0.688. The fourth-order valence-corrected chi connectivity index (χ4v) is 2.31. The minimum absolute atomic E-state index is 0.281. The van der Waals surface area contributed by atoms with Crippen LogP contribution in [-0.4, -0.2) is 51.5 Å². The van der Waals surface area contributed by atoms with Crippen molar-refractivity contribution in [3.63, 3.8) is 0 Å². The first-order valence-electron chi connectivity index (χ1n) is 8.12. The number of ether oxygens (including phenoxy) is 2. The molecule has 1 fully saturated rings. The lowest BCUT2D eigenvalue weighted by Crippen LogP contribution is -2.38. The van der Waals surface area contributed by atoms with E-state index in [-0.39, 0.29) is 6.10 Å². The average molecular weight is 309 g/mol. The Labute approximate surface area is 132 Å². The molecular formula is C16H27N3O3. The molecule has 1 aromatic rings. The lowest BCUT2D eigenvalue weighted by atomic mass is 10.2. The topological polar surface area (TPSA) is 68.0 Å². The predicted molar refractivity (Wildman–Crippen MR) is 86.2 cm³/mol. The molecular weight excluding hydrogens is 282 g/mol. The molecule has 2 heterocycles. The molecule has 2 N–H and O–H groups in total. The molecule has 2 rings (SSSR count). The van der Waals surface area contributed by atoms with Crippen LogP contribution in [0.15, 0.2) is 27.8 Å². The fourth-order valence-electron chi connectivity index (χ4n) is 2.31. The summed E-state index contributed by atoms with van der Waals surface area (Å²) in [5.74, 6) is 1.79. The summed E-state index contributed by atoms with van der Waals surface area (Å²) in [6.07, 6.45) is 5.08. The average Bonchev–Trinajstić information content (AvgIpc) is 3.20. The highest BCUT2D eigenvalue weighted by molar-refractivity contribution is 5.79. The molecule has 124 valence electrons. The van der Waals surface area contributed by atoms with Gasteiger partial charge in [-0.15, -0.1) is 0 Å². The van der Waals surface area contributed by atoms with Gasteiger partial charge in [0, 0.05) is 26.1 Å². The second-order valence-corrected chi connectivity index (χ2v) is 5.23. The maximum Gasteiger partial charge on any atom is 0.191 e. The van der Waals surface area contributed by atoms with Gasteiger partial charge >= 0.3 is 0 Å². The van der Waals surface area contributed by atoms with E-state index in [1.165, 1.54) is 0 Å². The minimum Gasteiger partial charge on any atom is -0.469 e. The Morgan fingerprint density at radius 2 is 2.41 bits per heavy atom. The van der Waals surface area contributed by atoms with E-state index in [0.29, 0.717) is 19.8 Å². The van der Waals surface area contributed by atoms with Crippen LogP contribution in [-0.2, 0) is 15.9 Å². The summed E-state index contributed by atoms with van der Waals surface area (Å²) in [5, 5.41) is 6.51. The van der Waals surface area contributed by atoms with Crippen molar-refractivity contribution in [2.24, 2.45) is 4.99 Å². The van der Waals surface area contributed by atoms with Gasteiger partial charge in [-0.25, -0.2) is 0 Å². The molecule has 6 heteroatoms. The quantitative estimate of drug-likeness (QED) is 0.412. The Kier molecular flexibility index (Phi) is 7.83. The third kappa shape index (κ3) is 6.49. The van der Waals surface area contributed by atoms with Crippen LogP contribution < -0.4 is 10.6 Å². The zero-order valence-corrected chi connectivity index (χ0v) is 13.3. The molecule has 1 saturated heterocycles. The second kappa shape index (κ2) is 10.2. The van der Waals surface area contributed by atoms with Crippen molar-refractivity contribution < 1.29 is 13.9 Å². The van der Waals surface area contributed by atoms with Gasteiger partial charge in [-0.05, 0) is 31.9 Å². The number of furan rings is 1. The first-order chi connectivity index (χ1) is 10.9. The van der Waals surface area contributed by atoms with Crippen LogP contribution in [0.5, 0.6) is 0 Å². The number of aliphatic imine (C=N–C) groups is 1. The number of nitrogens with zero attached hydrogens (tertiary/aromatic N) is 1. The van der Waals surface area contributed by atoms with Gasteiger partial charge in [0.05, 0.1) is 32.1 Å². The third-order valence-corrected chi connectivity index (χ3v) is 3.42. The summed E-state index contributed by atoms with van der Waals surface area (Å²) in [4.78, 5) is 4.49. The van der Waals surface area contributed by atoms with E-state index in [2.05, 4.69) is 22.5 Å². The van der Waals surface area contributed by atoms with Crippen molar-refractivity contribution in [2.75, 3.05) is 39.5 Å². The van der Waals surface area contributed by atoms with Gasteiger partial charge < -0.3 is 24.5 Å². The van der Waals surface area contributed by atoms with E-state index < -0.39 is 0 Å². The van der Waals surface area contributed by atoms with Crippen LogP contribution in [0.3, 0.4) is 0 Å². The third-order valence-electron chi connectivity index (χ3n) is 3.42. The summed E-state index contributed by atoms with van der Waals surface area (Å²) in [7, 11) is 0. The normalized spacial score (nSPS) is 18.6. The highest BCUT2D eigenvalue weighted by atomic mass is 16.5. The molecule has 1 aliphatic rings. The Bertz CT molecular complexity index is 414. The maximum atomic E-state index is 5.61. The van der Waals surface area contributed by atoms with Crippen molar-refractivity contribution >= 4 is 5.96 Å². The molecule has 1 aliphatic heterocycles. The van der Waals surface area contributed by atoms with Crippen LogP contribution >= 0.6 is 0 Å². The molecule has 1 atom stereocenters. The number of hydrogen-bond acceptors (Lipinski definition) is 4. The van der Waals surface area contributed by atoms with Crippen molar-refractivity contribution in [1.29, 1.82) is 0 Å². The van der Waals surface area contributed by atoms with Crippen molar-refractivity contribution in [3.8, 4) is 0 Å². The number of guanidine groups is 1. The van der Waals surface area contributed by atoms with E-state index >= 15 is 0 Å². The maximum absolute atomic E-state index is 5.61. The van der Waals surface area contributed by atoms with Crippen molar-refractivity contribution in [3.05, 3.63) is 24.2 Å². The molecule has 1 aromatic heterocycles. The van der Waals surface area contributed by atoms with E-state index in [0.717, 1.165) is 50.7 Å². The Hall–Kier alpha value is -1.53. The van der Waals surface area contributed by atoms with E-state index in [1.807, 2.05) is 12.1 Å². The summed E-state index contributed by atoms with van der Waals surface area (Å²) < 4.78 is 16.4. The number of rotatable bonds is 9. The van der Waals surface area contributed by atoms with E-state index in [1.54, 1.807) is 6.26 Å². The monoisotopic (exact) mass is 309 g/mol. The summed E-state index contributed by atoms with van der Waals surface area (Å²) in [6, 6.07) is 3.88. The molecule has 0 bridgehead atoms. The molecule has 0 aromatic carbocycles. The summed E-state index contributed by atoms with van der Waals surface area (Å²) in [5.41, 5.74) is 0. The Morgan fingerprint density at radius 1 is 1.45 bits per heavy atom. The molecule has 0 spiro atoms. The van der Waals surface area contributed by atoms with Crippen molar-refractivity contribution in [1.82, 2.24) is 10.6 Å². The highest BCUT2D eigenvalue weighted by Crippen LogP contribution is 2.11. The Morgan fingerprint density at radius 3 is 3.14 bits per heavy atom. The predicted octanol–water partition coefficient (Wildman–Crippen LogP) is 1.57. The van der Waals surface area contributed by atoms with Gasteiger partial charge in [0.15, 0.2) is 5.96 Å². The van der Waals surface area contributed by atoms with Gasteiger partial charge in [-0.3, -0.25) is 4.99 Å². The lowest BCUT2D eigenvalue weighted by Gasteiger charge is -2.11. The molecule has 0 aliphatic carbocycles. The Balaban J connectivity index is 1.58. The van der Waals surface area contributed by atoms with Gasteiger partial charge in [-0.1, -0.05) is 0 Å². The number of nitrogens with one attached hydrogen (secondary N) is 2. The highest BCUT2D eigenvalue weighted by Gasteiger charge is 2.14. The van der Waals surface area contributed by atoms with Gasteiger partial charge in [0.1, 0.15) is 5.76 Å². The molecule has 1 unspecified atom stereocenters. The van der Waals surface area contributed by atoms with Gasteiger partial charge in [-0.2, -0.15) is 0 Å². The van der Waals surface area contributed by atoms with E-state index in [9.17, 15) is 0 Å². The zero-order valence-electron chi connectivity index (χ0n) is 13.3. The molecule has 0 saturated carbocycles. The van der Waals surface area contributed by atoms with Crippen LogP contribution in [0.1, 0.15) is 25.5 Å². The summed E-state index contributed by atoms with van der Waals surface area (Å²) in [6.45, 7) is 6.49. The second-order valence-electron chi connectivity index (χ2n) is 5.23. The zero-order chi connectivity index (χ0) is 15.5. The molecule has 0 amide bonds.